The van der Waals surface area contributed by atoms with Crippen LogP contribution in [0.15, 0.2) is 48.4 Å². The lowest BCUT2D eigenvalue weighted by Crippen LogP contribution is -2.11. The summed E-state index contributed by atoms with van der Waals surface area (Å²) in [5.74, 6) is -0.311. The molecular formula is C13H11Cl2F3N2O. The lowest BCUT2D eigenvalue weighted by molar-refractivity contribution is -0.305. The molecule has 114 valence electrons. The molecule has 0 unspecified atom stereocenters. The Morgan fingerprint density at radius 3 is 2.33 bits per heavy atom. The number of nitrogens with one attached hydrogen (secondary N) is 1. The van der Waals surface area contributed by atoms with Crippen molar-refractivity contribution in [2.24, 2.45) is 0 Å². The number of nitrogens with zero attached hydrogens (tertiary/aromatic N) is 1. The van der Waals surface area contributed by atoms with Crippen LogP contribution in [0.4, 0.5) is 18.9 Å². The van der Waals surface area contributed by atoms with Gasteiger partial charge in [-0.15, -0.1) is 13.2 Å². The molecule has 8 heteroatoms. The fourth-order valence-electron chi connectivity index (χ4n) is 1.29. The van der Waals surface area contributed by atoms with Gasteiger partial charge in [0.25, 0.3) is 0 Å². The van der Waals surface area contributed by atoms with Crippen molar-refractivity contribution in [3.05, 3.63) is 58.7 Å². The molecule has 0 spiro atoms. The first kappa shape index (κ1) is 17.4. The predicted octanol–water partition coefficient (Wildman–Crippen LogP) is 5.31. The van der Waals surface area contributed by atoms with Crippen LogP contribution in [0.5, 0.6) is 0 Å². The van der Waals surface area contributed by atoms with Gasteiger partial charge in [-0.3, -0.25) is 0 Å². The number of aromatic nitrogens is 1. The second-order valence-electron chi connectivity index (χ2n) is 3.78. The average molecular weight is 339 g/mol. The van der Waals surface area contributed by atoms with Gasteiger partial charge in [0.1, 0.15) is 16.1 Å². The molecule has 0 aliphatic rings. The van der Waals surface area contributed by atoms with E-state index < -0.39 is 6.36 Å². The zero-order valence-electron chi connectivity index (χ0n) is 10.8. The zero-order valence-corrected chi connectivity index (χ0v) is 12.4. The highest BCUT2D eigenvalue weighted by Gasteiger charge is 2.30. The molecule has 1 rings (SSSR count). The summed E-state index contributed by atoms with van der Waals surface area (Å²) in [5, 5.41) is 3.24. The zero-order chi connectivity index (χ0) is 16.0. The Morgan fingerprint density at radius 2 is 1.86 bits per heavy atom. The van der Waals surface area contributed by atoms with Crippen LogP contribution in [0.3, 0.4) is 0 Å². The number of alkyl halides is 3. The Labute approximate surface area is 129 Å². The van der Waals surface area contributed by atoms with E-state index in [0.29, 0.717) is 11.4 Å². The summed E-state index contributed by atoms with van der Waals surface area (Å²) in [4.78, 5) is 3.77. The van der Waals surface area contributed by atoms with E-state index in [4.69, 9.17) is 23.2 Å². The lowest BCUT2D eigenvalue weighted by atomic mass is 10.3. The topological polar surface area (TPSA) is 34.1 Å². The van der Waals surface area contributed by atoms with Crippen molar-refractivity contribution in [1.82, 2.24) is 4.98 Å². The van der Waals surface area contributed by atoms with Crippen LogP contribution in [0, 0.1) is 0 Å². The third-order valence-electron chi connectivity index (χ3n) is 2.05. The lowest BCUT2D eigenvalue weighted by Gasteiger charge is -2.09. The number of hydrogen-bond donors (Lipinski definition) is 1. The van der Waals surface area contributed by atoms with Gasteiger partial charge in [-0.25, -0.2) is 4.98 Å². The van der Waals surface area contributed by atoms with Gasteiger partial charge in [0.05, 0.1) is 0 Å². The van der Waals surface area contributed by atoms with Gasteiger partial charge in [-0.05, 0) is 37.3 Å². The van der Waals surface area contributed by atoms with Crippen molar-refractivity contribution in [3.63, 3.8) is 0 Å². The molecule has 1 N–H and O–H groups in total. The fourth-order valence-corrected chi connectivity index (χ4v) is 1.75. The highest BCUT2D eigenvalue weighted by Crippen LogP contribution is 2.22. The Kier molecular flexibility index (Phi) is 6.11. The molecule has 0 aliphatic heterocycles. The summed E-state index contributed by atoms with van der Waals surface area (Å²) in [6.07, 6.45) is -0.778. The number of ether oxygens (including phenoxy) is 1. The Bertz CT molecular complexity index is 563. The first-order chi connectivity index (χ1) is 9.69. The van der Waals surface area contributed by atoms with Crippen LogP contribution in [0.25, 0.3) is 0 Å². The fraction of sp³-hybridized carbons (Fsp3) is 0.154. The van der Waals surface area contributed by atoms with Gasteiger partial charge < -0.3 is 10.1 Å². The van der Waals surface area contributed by atoms with Crippen LogP contribution in [-0.2, 0) is 4.74 Å². The number of anilines is 1. The SMILES string of the molecule is C=C/C(=C\C=C(/C)OC(F)(F)F)Nc1cc(Cl)nc(Cl)c1. The van der Waals surface area contributed by atoms with Gasteiger partial charge in [-0.1, -0.05) is 29.8 Å². The quantitative estimate of drug-likeness (QED) is 0.448. The molecule has 1 aromatic rings. The summed E-state index contributed by atoms with van der Waals surface area (Å²) in [5.41, 5.74) is 0.951. The van der Waals surface area contributed by atoms with Crippen molar-refractivity contribution in [3.8, 4) is 0 Å². The Morgan fingerprint density at radius 1 is 1.29 bits per heavy atom. The minimum absolute atomic E-state index is 0.181. The van der Waals surface area contributed by atoms with E-state index in [1.54, 1.807) is 0 Å². The molecule has 1 heterocycles. The van der Waals surface area contributed by atoms with E-state index in [1.165, 1.54) is 31.2 Å². The maximum atomic E-state index is 12.0. The minimum atomic E-state index is -4.72. The standard InChI is InChI=1S/C13H11Cl2F3N2O/c1-3-9(5-4-8(2)21-13(16,17)18)19-10-6-11(14)20-12(15)7-10/h3-7H,1H2,2H3,(H,19,20)/b8-4+,9-5+. The first-order valence-corrected chi connectivity index (χ1v) is 6.32. The Balaban J connectivity index is 2.85. The van der Waals surface area contributed by atoms with Crippen LogP contribution in [0.2, 0.25) is 10.3 Å². The van der Waals surface area contributed by atoms with Crippen LogP contribution in [0.1, 0.15) is 6.92 Å². The molecule has 0 atom stereocenters. The van der Waals surface area contributed by atoms with Crippen molar-refractivity contribution in [1.29, 1.82) is 0 Å². The van der Waals surface area contributed by atoms with Crippen LogP contribution >= 0.6 is 23.2 Å². The molecule has 0 radical (unpaired) electrons. The van der Waals surface area contributed by atoms with Crippen LogP contribution in [-0.4, -0.2) is 11.3 Å². The molecule has 3 nitrogen and oxygen atoms in total. The van der Waals surface area contributed by atoms with E-state index in [9.17, 15) is 13.2 Å². The third kappa shape index (κ3) is 7.06. The number of hydrogen-bond acceptors (Lipinski definition) is 3. The summed E-state index contributed by atoms with van der Waals surface area (Å²) in [6.45, 7) is 4.74. The Hall–Kier alpha value is -1.66. The number of rotatable bonds is 5. The second-order valence-corrected chi connectivity index (χ2v) is 4.55. The van der Waals surface area contributed by atoms with Crippen LogP contribution < -0.4 is 5.32 Å². The van der Waals surface area contributed by atoms with Crippen molar-refractivity contribution in [2.45, 2.75) is 13.3 Å². The summed E-state index contributed by atoms with van der Waals surface area (Å²) >= 11 is 11.5. The molecule has 0 aliphatic carbocycles. The van der Waals surface area contributed by atoms with Crippen molar-refractivity contribution >= 4 is 28.9 Å². The van der Waals surface area contributed by atoms with E-state index in [0.717, 1.165) is 6.08 Å². The van der Waals surface area contributed by atoms with E-state index in [1.807, 2.05) is 0 Å². The van der Waals surface area contributed by atoms with Crippen molar-refractivity contribution in [2.75, 3.05) is 5.32 Å². The normalized spacial score (nSPS) is 13.0. The molecule has 0 bridgehead atoms. The van der Waals surface area contributed by atoms with Gasteiger partial charge in [0.15, 0.2) is 0 Å². The summed E-state index contributed by atoms with van der Waals surface area (Å²) in [7, 11) is 0. The smallest absolute Gasteiger partial charge is 0.411 e. The van der Waals surface area contributed by atoms with E-state index in [-0.39, 0.29) is 16.1 Å². The van der Waals surface area contributed by atoms with Gasteiger partial charge >= 0.3 is 6.36 Å². The maximum absolute atomic E-state index is 12.0. The third-order valence-corrected chi connectivity index (χ3v) is 2.43. The number of halogens is 5. The highest BCUT2D eigenvalue weighted by molar-refractivity contribution is 6.32. The average Bonchev–Trinajstić information content (AvgIpc) is 2.31. The largest absolute Gasteiger partial charge is 0.572 e. The molecule has 0 amide bonds. The summed E-state index contributed by atoms with van der Waals surface area (Å²) < 4.78 is 39.7. The second kappa shape index (κ2) is 7.38. The number of pyridine rings is 1. The molecule has 0 saturated carbocycles. The van der Waals surface area contributed by atoms with Gasteiger partial charge in [0, 0.05) is 11.4 Å². The molecule has 0 fully saturated rings. The molecule has 0 aromatic carbocycles. The van der Waals surface area contributed by atoms with Gasteiger partial charge in [0.2, 0.25) is 0 Å². The highest BCUT2D eigenvalue weighted by atomic mass is 35.5. The monoisotopic (exact) mass is 338 g/mol. The molecular weight excluding hydrogens is 328 g/mol. The van der Waals surface area contributed by atoms with E-state index >= 15 is 0 Å². The number of allylic oxidation sites excluding steroid dienone is 4. The van der Waals surface area contributed by atoms with Crippen molar-refractivity contribution < 1.29 is 17.9 Å². The van der Waals surface area contributed by atoms with E-state index in [2.05, 4.69) is 21.6 Å². The first-order valence-electron chi connectivity index (χ1n) is 5.56. The maximum Gasteiger partial charge on any atom is 0.572 e. The molecule has 0 saturated heterocycles. The van der Waals surface area contributed by atoms with Gasteiger partial charge in [-0.2, -0.15) is 0 Å². The molecule has 21 heavy (non-hydrogen) atoms. The molecule has 1 aromatic heterocycles. The minimum Gasteiger partial charge on any atom is -0.411 e. The summed E-state index contributed by atoms with van der Waals surface area (Å²) in [6, 6.07) is 3.02. The predicted molar refractivity (Wildman–Crippen MR) is 77.1 cm³/mol.